The molecule has 0 aliphatic rings. The molecular weight excluding hydrogens is 256 g/mol. The number of hydrogen-bond acceptors (Lipinski definition) is 3. The Balaban J connectivity index is 2.69. The number of hydrogen-bond donors (Lipinski definition) is 2. The van der Waals surface area contributed by atoms with Crippen LogP contribution in [-0.4, -0.2) is 16.8 Å². The Hall–Kier alpha value is -1.69. The number of carbonyl (C=O) groups is 1. The van der Waals surface area contributed by atoms with Gasteiger partial charge in [-0.15, -0.1) is 0 Å². The van der Waals surface area contributed by atoms with Crippen LogP contribution in [0.3, 0.4) is 0 Å². The summed E-state index contributed by atoms with van der Waals surface area (Å²) in [6, 6.07) is 2.58. The van der Waals surface area contributed by atoms with Crippen molar-refractivity contribution in [2.24, 2.45) is 0 Å². The highest BCUT2D eigenvalue weighted by Gasteiger charge is 2.17. The van der Waals surface area contributed by atoms with Crippen LogP contribution in [-0.2, 0) is 17.9 Å². The van der Waals surface area contributed by atoms with E-state index in [1.165, 1.54) is 12.1 Å². The maximum absolute atomic E-state index is 13.6. The molecule has 19 heavy (non-hydrogen) atoms. The number of amides is 1. The van der Waals surface area contributed by atoms with Gasteiger partial charge in [0.05, 0.1) is 6.61 Å². The predicted molar refractivity (Wildman–Crippen MR) is 65.4 cm³/mol. The van der Waals surface area contributed by atoms with Gasteiger partial charge < -0.3 is 15.2 Å². The third-order valence-corrected chi connectivity index (χ3v) is 2.23. The molecule has 106 valence electrons. The zero-order chi connectivity index (χ0) is 14.6. The van der Waals surface area contributed by atoms with Gasteiger partial charge in [-0.3, -0.25) is 0 Å². The van der Waals surface area contributed by atoms with Crippen LogP contribution >= 0.6 is 0 Å². The van der Waals surface area contributed by atoms with E-state index in [-0.39, 0.29) is 17.7 Å². The van der Waals surface area contributed by atoms with E-state index < -0.39 is 29.9 Å². The van der Waals surface area contributed by atoms with Crippen LogP contribution in [0.1, 0.15) is 31.9 Å². The summed E-state index contributed by atoms with van der Waals surface area (Å²) in [5, 5.41) is 11.1. The molecule has 1 aromatic carbocycles. The van der Waals surface area contributed by atoms with Crippen LogP contribution in [0.2, 0.25) is 0 Å². The highest BCUT2D eigenvalue weighted by molar-refractivity contribution is 5.67. The zero-order valence-corrected chi connectivity index (χ0v) is 11.1. The first kappa shape index (κ1) is 15.4. The van der Waals surface area contributed by atoms with Crippen molar-refractivity contribution in [3.8, 4) is 0 Å². The van der Waals surface area contributed by atoms with Gasteiger partial charge in [0.2, 0.25) is 0 Å². The number of carbonyl (C=O) groups excluding carboxylic acids is 1. The molecular formula is C13H17F2NO3. The van der Waals surface area contributed by atoms with Gasteiger partial charge in [0, 0.05) is 17.7 Å². The molecule has 0 bridgehead atoms. The van der Waals surface area contributed by atoms with E-state index in [2.05, 4.69) is 5.32 Å². The molecule has 0 aliphatic carbocycles. The van der Waals surface area contributed by atoms with Gasteiger partial charge in [0.25, 0.3) is 0 Å². The van der Waals surface area contributed by atoms with E-state index in [4.69, 9.17) is 9.84 Å². The molecule has 0 saturated carbocycles. The second-order valence-electron chi connectivity index (χ2n) is 5.03. The summed E-state index contributed by atoms with van der Waals surface area (Å²) in [6.07, 6.45) is -0.710. The number of rotatable bonds is 3. The first-order valence-corrected chi connectivity index (χ1v) is 5.78. The van der Waals surface area contributed by atoms with Gasteiger partial charge in [-0.25, -0.2) is 13.6 Å². The quantitative estimate of drug-likeness (QED) is 0.889. The predicted octanol–water partition coefficient (Wildman–Crippen LogP) is 2.48. The van der Waals surface area contributed by atoms with Gasteiger partial charge in [-0.2, -0.15) is 0 Å². The number of benzene rings is 1. The lowest BCUT2D eigenvalue weighted by atomic mass is 10.1. The highest BCUT2D eigenvalue weighted by atomic mass is 19.2. The molecule has 0 aliphatic heterocycles. The minimum absolute atomic E-state index is 0.0134. The van der Waals surface area contributed by atoms with Crippen molar-refractivity contribution < 1.29 is 23.4 Å². The SMILES string of the molecule is CC(C)(C)OC(=O)NCc1ccc(CO)c(F)c1F. The third-order valence-electron chi connectivity index (χ3n) is 2.23. The van der Waals surface area contributed by atoms with E-state index in [1.54, 1.807) is 20.8 Å². The first-order valence-electron chi connectivity index (χ1n) is 5.78. The summed E-state index contributed by atoms with van der Waals surface area (Å²) in [5.74, 6) is -2.19. The van der Waals surface area contributed by atoms with Gasteiger partial charge in [0.15, 0.2) is 11.6 Å². The highest BCUT2D eigenvalue weighted by Crippen LogP contribution is 2.16. The molecule has 2 N–H and O–H groups in total. The minimum atomic E-state index is -1.11. The molecule has 0 fully saturated rings. The number of aliphatic hydroxyl groups excluding tert-OH is 1. The Morgan fingerprint density at radius 3 is 2.32 bits per heavy atom. The summed E-state index contributed by atoms with van der Waals surface area (Å²) in [6.45, 7) is 4.32. The second kappa shape index (κ2) is 5.97. The molecule has 0 atom stereocenters. The van der Waals surface area contributed by atoms with E-state index in [0.717, 1.165) is 0 Å². The molecule has 0 spiro atoms. The van der Waals surface area contributed by atoms with Crippen molar-refractivity contribution in [3.63, 3.8) is 0 Å². The van der Waals surface area contributed by atoms with Crippen molar-refractivity contribution >= 4 is 6.09 Å². The average molecular weight is 273 g/mol. The fourth-order valence-electron chi connectivity index (χ4n) is 1.37. The maximum atomic E-state index is 13.6. The third kappa shape index (κ3) is 4.48. The molecule has 0 heterocycles. The van der Waals surface area contributed by atoms with Crippen LogP contribution < -0.4 is 5.32 Å². The lowest BCUT2D eigenvalue weighted by Crippen LogP contribution is -2.32. The number of aliphatic hydroxyl groups is 1. The van der Waals surface area contributed by atoms with Crippen LogP contribution in [0.25, 0.3) is 0 Å². The summed E-state index contributed by atoms with van der Waals surface area (Å²) < 4.78 is 31.9. The molecule has 1 aromatic rings. The summed E-state index contributed by atoms with van der Waals surface area (Å²) in [5.41, 5.74) is -0.798. The van der Waals surface area contributed by atoms with Crippen molar-refractivity contribution in [1.82, 2.24) is 5.32 Å². The fraction of sp³-hybridized carbons (Fsp3) is 0.462. The largest absolute Gasteiger partial charge is 0.444 e. The average Bonchev–Trinajstić information content (AvgIpc) is 2.29. The van der Waals surface area contributed by atoms with E-state index in [1.807, 2.05) is 0 Å². The molecule has 0 saturated heterocycles. The number of halogens is 2. The van der Waals surface area contributed by atoms with E-state index >= 15 is 0 Å². The van der Waals surface area contributed by atoms with Crippen LogP contribution in [0, 0.1) is 11.6 Å². The normalized spacial score (nSPS) is 11.3. The number of alkyl carbamates (subject to hydrolysis) is 1. The van der Waals surface area contributed by atoms with E-state index in [9.17, 15) is 13.6 Å². The Labute approximate surface area is 110 Å². The molecule has 0 unspecified atom stereocenters. The maximum Gasteiger partial charge on any atom is 0.407 e. The number of nitrogens with one attached hydrogen (secondary N) is 1. The van der Waals surface area contributed by atoms with Crippen molar-refractivity contribution in [2.45, 2.75) is 39.5 Å². The fourth-order valence-corrected chi connectivity index (χ4v) is 1.37. The van der Waals surface area contributed by atoms with Crippen molar-refractivity contribution in [3.05, 3.63) is 34.9 Å². The Morgan fingerprint density at radius 2 is 1.79 bits per heavy atom. The Bertz CT molecular complexity index is 470. The monoisotopic (exact) mass is 273 g/mol. The Kier molecular flexibility index (Phi) is 4.83. The van der Waals surface area contributed by atoms with Crippen molar-refractivity contribution in [2.75, 3.05) is 0 Å². The topological polar surface area (TPSA) is 58.6 Å². The van der Waals surface area contributed by atoms with Crippen LogP contribution in [0.15, 0.2) is 12.1 Å². The Morgan fingerprint density at radius 1 is 1.26 bits per heavy atom. The second-order valence-corrected chi connectivity index (χ2v) is 5.03. The molecule has 0 radical (unpaired) electrons. The van der Waals surface area contributed by atoms with Gasteiger partial charge in [-0.1, -0.05) is 12.1 Å². The van der Waals surface area contributed by atoms with Gasteiger partial charge >= 0.3 is 6.09 Å². The van der Waals surface area contributed by atoms with Gasteiger partial charge in [0.1, 0.15) is 5.60 Å². The molecule has 1 amide bonds. The summed E-state index contributed by atoms with van der Waals surface area (Å²) in [7, 11) is 0. The first-order chi connectivity index (χ1) is 8.74. The lowest BCUT2D eigenvalue weighted by molar-refractivity contribution is 0.0523. The van der Waals surface area contributed by atoms with E-state index in [0.29, 0.717) is 0 Å². The standard InChI is InChI=1S/C13H17F2NO3/c1-13(2,3)19-12(18)16-6-8-4-5-9(7-17)11(15)10(8)14/h4-5,17H,6-7H2,1-3H3,(H,16,18). The van der Waals surface area contributed by atoms with Crippen LogP contribution in [0.4, 0.5) is 13.6 Å². The summed E-state index contributed by atoms with van der Waals surface area (Å²) in [4.78, 5) is 11.4. The van der Waals surface area contributed by atoms with Crippen LogP contribution in [0.5, 0.6) is 0 Å². The minimum Gasteiger partial charge on any atom is -0.444 e. The molecule has 0 aromatic heterocycles. The lowest BCUT2D eigenvalue weighted by Gasteiger charge is -2.19. The van der Waals surface area contributed by atoms with Crippen molar-refractivity contribution in [1.29, 1.82) is 0 Å². The molecule has 1 rings (SSSR count). The van der Waals surface area contributed by atoms with Gasteiger partial charge in [-0.05, 0) is 20.8 Å². The molecule has 6 heteroatoms. The molecule has 4 nitrogen and oxygen atoms in total. The number of ether oxygens (including phenoxy) is 1. The smallest absolute Gasteiger partial charge is 0.407 e. The zero-order valence-electron chi connectivity index (χ0n) is 11.1. The summed E-state index contributed by atoms with van der Waals surface area (Å²) >= 11 is 0.